The summed E-state index contributed by atoms with van der Waals surface area (Å²) in [5, 5.41) is 10.7. The van der Waals surface area contributed by atoms with Gasteiger partial charge in [-0.2, -0.15) is 0 Å². The highest BCUT2D eigenvalue weighted by Crippen LogP contribution is 2.45. The van der Waals surface area contributed by atoms with E-state index >= 15 is 0 Å². The summed E-state index contributed by atoms with van der Waals surface area (Å²) in [4.78, 5) is 73.5. The first-order valence-corrected chi connectivity index (χ1v) is 52.6. The fourth-order valence-corrected chi connectivity index (χ4v) is 16.8. The van der Waals surface area contributed by atoms with E-state index < -0.39 is 97.5 Å². The molecule has 0 amide bonds. The van der Waals surface area contributed by atoms with Crippen LogP contribution < -0.4 is 0 Å². The van der Waals surface area contributed by atoms with Gasteiger partial charge in [0, 0.05) is 25.7 Å². The van der Waals surface area contributed by atoms with E-state index in [1.807, 2.05) is 0 Å². The van der Waals surface area contributed by atoms with Crippen molar-refractivity contribution in [2.45, 2.75) is 547 Å². The van der Waals surface area contributed by atoms with Gasteiger partial charge in [-0.25, -0.2) is 9.13 Å². The number of carbonyl (C=O) groups is 4. The van der Waals surface area contributed by atoms with Gasteiger partial charge in [0.25, 0.3) is 0 Å². The molecule has 0 radical (unpaired) electrons. The van der Waals surface area contributed by atoms with Gasteiger partial charge in [0.05, 0.1) is 26.4 Å². The van der Waals surface area contributed by atoms with E-state index in [-0.39, 0.29) is 25.7 Å². The lowest BCUT2D eigenvalue weighted by Gasteiger charge is -2.21. The zero-order valence-corrected chi connectivity index (χ0v) is 77.7. The van der Waals surface area contributed by atoms with Gasteiger partial charge >= 0.3 is 39.5 Å². The van der Waals surface area contributed by atoms with Crippen LogP contribution in [0.25, 0.3) is 0 Å². The Kier molecular flexibility index (Phi) is 86.9. The molecule has 0 aliphatic heterocycles. The molecule has 0 heterocycles. The molecular weight excluding hydrogens is 1490 g/mol. The van der Waals surface area contributed by atoms with E-state index in [4.69, 9.17) is 37.0 Å². The van der Waals surface area contributed by atoms with Crippen molar-refractivity contribution >= 4 is 39.5 Å². The summed E-state index contributed by atoms with van der Waals surface area (Å²) in [5.41, 5.74) is 0. The first kappa shape index (κ1) is 113. The fourth-order valence-electron chi connectivity index (χ4n) is 15.2. The van der Waals surface area contributed by atoms with Crippen LogP contribution in [0.4, 0.5) is 0 Å². The third kappa shape index (κ3) is 89.6. The molecule has 0 aliphatic carbocycles. The summed E-state index contributed by atoms with van der Waals surface area (Å²) < 4.78 is 69.2. The maximum atomic E-state index is 13.2. The number of hydrogen-bond donors (Lipinski definition) is 3. The second-order valence-electron chi connectivity index (χ2n) is 34.9. The molecule has 0 aliphatic rings. The highest BCUT2D eigenvalue weighted by Gasteiger charge is 2.31. The van der Waals surface area contributed by atoms with Crippen LogP contribution in [0.5, 0.6) is 0 Å². The summed E-state index contributed by atoms with van der Waals surface area (Å²) in [6.45, 7) is 7.44. The quantitative estimate of drug-likeness (QED) is 0.0222. The molecule has 0 spiro atoms. The molecule has 0 aromatic carbocycles. The van der Waals surface area contributed by atoms with Gasteiger partial charge in [-0.1, -0.05) is 478 Å². The van der Waals surface area contributed by atoms with E-state index in [0.29, 0.717) is 25.7 Å². The van der Waals surface area contributed by atoms with E-state index in [0.717, 1.165) is 95.8 Å². The molecule has 0 aromatic rings. The van der Waals surface area contributed by atoms with Gasteiger partial charge in [-0.15, -0.1) is 0 Å². The van der Waals surface area contributed by atoms with Crippen molar-refractivity contribution in [1.29, 1.82) is 0 Å². The van der Waals surface area contributed by atoms with Gasteiger partial charge in [-0.05, 0) is 31.6 Å². The van der Waals surface area contributed by atoms with Crippen molar-refractivity contribution in [3.63, 3.8) is 0 Å². The normalized spacial score (nSPS) is 13.6. The van der Waals surface area contributed by atoms with Crippen LogP contribution in [0, 0.1) is 5.92 Å². The maximum absolute atomic E-state index is 13.2. The molecule has 2 unspecified atom stereocenters. The molecule has 0 saturated carbocycles. The van der Waals surface area contributed by atoms with Crippen LogP contribution >= 0.6 is 15.6 Å². The first-order chi connectivity index (χ1) is 56.0. The second kappa shape index (κ2) is 88.4. The minimum Gasteiger partial charge on any atom is -0.462 e. The average molecular weight is 1680 g/mol. The molecule has 0 rings (SSSR count). The van der Waals surface area contributed by atoms with Crippen molar-refractivity contribution in [3.05, 3.63) is 0 Å². The van der Waals surface area contributed by atoms with E-state index in [2.05, 4.69) is 34.6 Å². The van der Waals surface area contributed by atoms with E-state index in [1.165, 1.54) is 353 Å². The number of aliphatic hydroxyl groups excluding tert-OH is 1. The van der Waals surface area contributed by atoms with Crippen molar-refractivity contribution in [3.8, 4) is 0 Å². The lowest BCUT2D eigenvalue weighted by atomic mass is 10.0. The summed E-state index contributed by atoms with van der Waals surface area (Å²) >= 11 is 0. The molecule has 0 fully saturated rings. The topological polar surface area (TPSA) is 237 Å². The summed E-state index contributed by atoms with van der Waals surface area (Å²) in [5.74, 6) is -1.27. The lowest BCUT2D eigenvalue weighted by molar-refractivity contribution is -0.161. The standard InChI is InChI=1S/C96H188O17P2/c1-6-9-12-15-18-21-24-26-28-30-32-34-36-38-43-47-51-55-60-65-70-75-80-94(99)107-86-92(113-96(101)82-76-71-66-61-56-52-48-44-39-37-35-33-31-29-27-25-22-19-16-13-10-7-2)88-111-115(104,105)109-84-90(97)83-108-114(102,103)110-87-91(85-106-93(98)79-74-69-64-59-23-20-17-14-11-8-3)112-95(100)81-77-72-67-62-57-53-49-45-41-40-42-46-50-54-58-63-68-73-78-89(4)5/h89-92,97H,6-88H2,1-5H3,(H,102,103)(H,104,105)/t90-,91+,92+/m0/s1. The summed E-state index contributed by atoms with van der Waals surface area (Å²) in [6, 6.07) is 0. The number of phosphoric ester groups is 2. The molecule has 17 nitrogen and oxygen atoms in total. The Morgan fingerprint density at radius 1 is 0.235 bits per heavy atom. The Morgan fingerprint density at radius 3 is 0.591 bits per heavy atom. The molecule has 115 heavy (non-hydrogen) atoms. The van der Waals surface area contributed by atoms with Crippen LogP contribution in [0.1, 0.15) is 529 Å². The Bertz CT molecular complexity index is 2170. The maximum Gasteiger partial charge on any atom is 0.472 e. The third-order valence-corrected chi connectivity index (χ3v) is 24.7. The highest BCUT2D eigenvalue weighted by atomic mass is 31.2. The number of unbranched alkanes of at least 4 members (excludes halogenated alkanes) is 68. The number of carbonyl (C=O) groups excluding carboxylic acids is 4. The summed E-state index contributed by atoms with van der Waals surface area (Å²) in [6.07, 6.45) is 86.5. The monoisotopic (exact) mass is 1680 g/mol. The van der Waals surface area contributed by atoms with Crippen molar-refractivity contribution < 1.29 is 80.2 Å². The molecule has 3 N–H and O–H groups in total. The molecular formula is C96H188O17P2. The number of ether oxygens (including phenoxy) is 4. The van der Waals surface area contributed by atoms with Crippen LogP contribution in [0.15, 0.2) is 0 Å². The molecule has 0 saturated heterocycles. The lowest BCUT2D eigenvalue weighted by Crippen LogP contribution is -2.30. The predicted molar refractivity (Wildman–Crippen MR) is 479 cm³/mol. The van der Waals surface area contributed by atoms with Crippen LogP contribution in [-0.4, -0.2) is 96.7 Å². The molecule has 0 aromatic heterocycles. The molecule has 0 bridgehead atoms. The molecule has 684 valence electrons. The van der Waals surface area contributed by atoms with Crippen LogP contribution in [0.2, 0.25) is 0 Å². The number of rotatable bonds is 96. The number of esters is 4. The Balaban J connectivity index is 5.19. The largest absolute Gasteiger partial charge is 0.472 e. The first-order valence-electron chi connectivity index (χ1n) is 49.6. The number of aliphatic hydroxyl groups is 1. The Labute approximate surface area is 708 Å². The van der Waals surface area contributed by atoms with Gasteiger partial charge in [0.15, 0.2) is 12.2 Å². The molecule has 19 heteroatoms. The number of phosphoric acid groups is 2. The minimum atomic E-state index is -4.97. The number of hydrogen-bond acceptors (Lipinski definition) is 15. The third-order valence-electron chi connectivity index (χ3n) is 22.8. The fraction of sp³-hybridized carbons (Fsp3) is 0.958. The van der Waals surface area contributed by atoms with Crippen molar-refractivity contribution in [2.75, 3.05) is 39.6 Å². The van der Waals surface area contributed by atoms with Crippen molar-refractivity contribution in [1.82, 2.24) is 0 Å². The molecule has 5 atom stereocenters. The van der Waals surface area contributed by atoms with Crippen LogP contribution in [-0.2, 0) is 65.4 Å². The van der Waals surface area contributed by atoms with E-state index in [9.17, 15) is 43.2 Å². The zero-order chi connectivity index (χ0) is 84.0. The van der Waals surface area contributed by atoms with Crippen molar-refractivity contribution in [2.24, 2.45) is 5.92 Å². The van der Waals surface area contributed by atoms with Crippen LogP contribution in [0.3, 0.4) is 0 Å². The smallest absolute Gasteiger partial charge is 0.462 e. The average Bonchev–Trinajstić information content (AvgIpc) is 0.902. The SMILES string of the molecule is CCCCCCCCCCCCCCCCCCCCCCCCC(=O)OC[C@H](COP(=O)(O)OC[C@@H](O)COP(=O)(O)OC[C@@H](COC(=O)CCCCCCCCCCCC)OC(=O)CCCCCCCCCCCCCCCCCCCCC(C)C)OC(=O)CCCCCCCCCCCCCCCCCCCCCCCC. The predicted octanol–water partition coefficient (Wildman–Crippen LogP) is 30.3. The van der Waals surface area contributed by atoms with Gasteiger partial charge in [0.1, 0.15) is 19.3 Å². The second-order valence-corrected chi connectivity index (χ2v) is 37.8. The van der Waals surface area contributed by atoms with E-state index in [1.54, 1.807) is 0 Å². The van der Waals surface area contributed by atoms with Gasteiger partial charge in [-0.3, -0.25) is 37.3 Å². The Morgan fingerprint density at radius 2 is 0.400 bits per heavy atom. The minimum absolute atomic E-state index is 0.109. The van der Waals surface area contributed by atoms with Gasteiger partial charge < -0.3 is 33.8 Å². The van der Waals surface area contributed by atoms with Gasteiger partial charge in [0.2, 0.25) is 0 Å². The Hall–Kier alpha value is -1.94. The zero-order valence-electron chi connectivity index (χ0n) is 76.0. The summed E-state index contributed by atoms with van der Waals surface area (Å²) in [7, 11) is -9.94. The highest BCUT2D eigenvalue weighted by molar-refractivity contribution is 7.47.